The zero-order valence-corrected chi connectivity index (χ0v) is 15.5. The lowest BCUT2D eigenvalue weighted by Crippen LogP contribution is -1.97. The molecule has 0 heterocycles. The van der Waals surface area contributed by atoms with Gasteiger partial charge in [0.15, 0.2) is 11.5 Å². The van der Waals surface area contributed by atoms with Crippen LogP contribution in [0.25, 0.3) is 10.8 Å². The maximum atomic E-state index is 11.0. The van der Waals surface area contributed by atoms with E-state index in [1.165, 1.54) is 6.07 Å². The minimum Gasteiger partial charge on any atom is -0.508 e. The molecule has 4 aromatic carbocycles. The predicted molar refractivity (Wildman–Crippen MR) is 111 cm³/mol. The number of rotatable bonds is 4. The molecule has 0 aliphatic heterocycles. The molecule has 0 spiro atoms. The normalized spacial score (nSPS) is 11.0. The molecule has 0 saturated heterocycles. The van der Waals surface area contributed by atoms with Crippen LogP contribution < -0.4 is 0 Å². The number of aromatic hydroxyl groups is 5. The van der Waals surface area contributed by atoms with Gasteiger partial charge in [-0.1, -0.05) is 30.3 Å². The van der Waals surface area contributed by atoms with Gasteiger partial charge < -0.3 is 25.5 Å². The Hall–Kier alpha value is -3.86. The van der Waals surface area contributed by atoms with Crippen molar-refractivity contribution in [3.63, 3.8) is 0 Å². The molecule has 4 rings (SSSR count). The Bertz CT molecular complexity index is 1180. The maximum absolute atomic E-state index is 11.0. The van der Waals surface area contributed by atoms with Gasteiger partial charge in [-0.2, -0.15) is 0 Å². The van der Waals surface area contributed by atoms with Crippen LogP contribution in [0.2, 0.25) is 0 Å². The van der Waals surface area contributed by atoms with E-state index in [-0.39, 0.29) is 28.7 Å². The summed E-state index contributed by atoms with van der Waals surface area (Å²) in [4.78, 5) is 0. The number of phenolic OH excluding ortho intramolecular Hbond substituents is 5. The quantitative estimate of drug-likeness (QED) is 0.330. The Morgan fingerprint density at radius 1 is 0.552 bits per heavy atom. The third kappa shape index (κ3) is 3.62. The summed E-state index contributed by atoms with van der Waals surface area (Å²) in [5.74, 6) is -0.174. The molecule has 0 aliphatic rings. The van der Waals surface area contributed by atoms with Crippen molar-refractivity contribution >= 4 is 10.8 Å². The summed E-state index contributed by atoms with van der Waals surface area (Å²) in [6.45, 7) is 0. The van der Waals surface area contributed by atoms with Gasteiger partial charge in [-0.15, -0.1) is 0 Å². The first-order chi connectivity index (χ1) is 13.9. The van der Waals surface area contributed by atoms with Crippen molar-refractivity contribution in [3.05, 3.63) is 89.0 Å². The van der Waals surface area contributed by atoms with Crippen molar-refractivity contribution in [2.75, 3.05) is 0 Å². The Kier molecular flexibility index (Phi) is 4.64. The summed E-state index contributed by atoms with van der Waals surface area (Å²) in [5, 5.41) is 51.6. The van der Waals surface area contributed by atoms with Crippen LogP contribution in [0.15, 0.2) is 66.7 Å². The lowest BCUT2D eigenvalue weighted by atomic mass is 9.91. The first-order valence-corrected chi connectivity index (χ1v) is 9.16. The average molecular weight is 388 g/mol. The summed E-state index contributed by atoms with van der Waals surface area (Å²) >= 11 is 0. The first-order valence-electron chi connectivity index (χ1n) is 9.16. The van der Waals surface area contributed by atoms with Gasteiger partial charge in [0.2, 0.25) is 0 Å². The van der Waals surface area contributed by atoms with Gasteiger partial charge in [-0.05, 0) is 58.5 Å². The van der Waals surface area contributed by atoms with Crippen molar-refractivity contribution in [1.29, 1.82) is 0 Å². The van der Waals surface area contributed by atoms with E-state index >= 15 is 0 Å². The average Bonchev–Trinajstić information content (AvgIpc) is 2.71. The zero-order valence-electron chi connectivity index (χ0n) is 15.5. The van der Waals surface area contributed by atoms with Crippen molar-refractivity contribution < 1.29 is 25.5 Å². The van der Waals surface area contributed by atoms with Crippen LogP contribution in [0.4, 0.5) is 0 Å². The van der Waals surface area contributed by atoms with Crippen LogP contribution in [0.1, 0.15) is 22.3 Å². The van der Waals surface area contributed by atoms with Crippen LogP contribution in [0.3, 0.4) is 0 Å². The molecule has 0 atom stereocenters. The van der Waals surface area contributed by atoms with Crippen LogP contribution in [-0.2, 0) is 12.8 Å². The number of hydrogen-bond donors (Lipinski definition) is 5. The lowest BCUT2D eigenvalue weighted by Gasteiger charge is -2.16. The first kappa shape index (κ1) is 18.5. The van der Waals surface area contributed by atoms with Crippen molar-refractivity contribution in [2.45, 2.75) is 12.8 Å². The van der Waals surface area contributed by atoms with Crippen LogP contribution in [0, 0.1) is 0 Å². The molecule has 0 amide bonds. The van der Waals surface area contributed by atoms with Gasteiger partial charge in [-0.3, -0.25) is 0 Å². The summed E-state index contributed by atoms with van der Waals surface area (Å²) in [7, 11) is 0. The minimum absolute atomic E-state index is 0.0413. The highest BCUT2D eigenvalue weighted by Gasteiger charge is 2.18. The van der Waals surface area contributed by atoms with E-state index < -0.39 is 0 Å². The SMILES string of the molecule is Oc1ccc(Cc2cc3ccc(O)c(O)c3c(Cc3ccc(O)cc3)c2O)cc1. The molecule has 5 nitrogen and oxygen atoms in total. The molecule has 5 heteroatoms. The summed E-state index contributed by atoms with van der Waals surface area (Å²) in [5.41, 5.74) is 2.91. The Labute approximate surface area is 167 Å². The van der Waals surface area contributed by atoms with Crippen molar-refractivity contribution in [2.24, 2.45) is 0 Å². The van der Waals surface area contributed by atoms with E-state index in [9.17, 15) is 25.5 Å². The third-order valence-corrected chi connectivity index (χ3v) is 5.06. The Morgan fingerprint density at radius 2 is 1.10 bits per heavy atom. The minimum atomic E-state index is -0.275. The van der Waals surface area contributed by atoms with E-state index in [2.05, 4.69) is 0 Å². The second kappa shape index (κ2) is 7.28. The second-order valence-electron chi connectivity index (χ2n) is 7.08. The number of hydrogen-bond acceptors (Lipinski definition) is 5. The molecule has 5 N–H and O–H groups in total. The molecular weight excluding hydrogens is 368 g/mol. The van der Waals surface area contributed by atoms with E-state index in [4.69, 9.17) is 0 Å². The third-order valence-electron chi connectivity index (χ3n) is 5.06. The molecule has 0 aromatic heterocycles. The highest BCUT2D eigenvalue weighted by Crippen LogP contribution is 2.42. The largest absolute Gasteiger partial charge is 0.508 e. The zero-order chi connectivity index (χ0) is 20.5. The molecule has 0 saturated carbocycles. The Morgan fingerprint density at radius 3 is 1.69 bits per heavy atom. The fourth-order valence-electron chi connectivity index (χ4n) is 3.56. The molecule has 0 radical (unpaired) electrons. The van der Waals surface area contributed by atoms with Crippen molar-refractivity contribution in [1.82, 2.24) is 0 Å². The Balaban J connectivity index is 1.87. The summed E-state index contributed by atoms with van der Waals surface area (Å²) in [6, 6.07) is 18.3. The summed E-state index contributed by atoms with van der Waals surface area (Å²) in [6.07, 6.45) is 0.745. The molecule has 0 unspecified atom stereocenters. The fourth-order valence-corrected chi connectivity index (χ4v) is 3.56. The van der Waals surface area contributed by atoms with Gasteiger partial charge in [0, 0.05) is 23.8 Å². The second-order valence-corrected chi connectivity index (χ2v) is 7.08. The molecular formula is C24H20O5. The van der Waals surface area contributed by atoms with Gasteiger partial charge in [-0.25, -0.2) is 0 Å². The van der Waals surface area contributed by atoms with Crippen molar-refractivity contribution in [3.8, 4) is 28.7 Å². The monoisotopic (exact) mass is 388 g/mol. The molecule has 4 aromatic rings. The molecule has 0 aliphatic carbocycles. The number of phenols is 5. The fraction of sp³-hybridized carbons (Fsp3) is 0.0833. The lowest BCUT2D eigenvalue weighted by molar-refractivity contribution is 0.407. The van der Waals surface area contributed by atoms with E-state index in [1.54, 1.807) is 60.7 Å². The topological polar surface area (TPSA) is 101 Å². The van der Waals surface area contributed by atoms with Gasteiger partial charge in [0.25, 0.3) is 0 Å². The van der Waals surface area contributed by atoms with E-state index in [0.717, 1.165) is 11.1 Å². The number of fused-ring (bicyclic) bond motifs is 1. The highest BCUT2D eigenvalue weighted by molar-refractivity contribution is 5.96. The smallest absolute Gasteiger partial charge is 0.165 e. The summed E-state index contributed by atoms with van der Waals surface area (Å²) < 4.78 is 0. The van der Waals surface area contributed by atoms with Gasteiger partial charge >= 0.3 is 0 Å². The number of benzene rings is 4. The highest BCUT2D eigenvalue weighted by atomic mass is 16.3. The van der Waals surface area contributed by atoms with E-state index in [0.29, 0.717) is 34.7 Å². The van der Waals surface area contributed by atoms with Crippen LogP contribution >= 0.6 is 0 Å². The molecule has 146 valence electrons. The standard InChI is InChI=1S/C24H20O5/c25-18-6-1-14(2-7-18)11-17-13-16-5-10-21(27)24(29)22(16)20(23(17)28)12-15-3-8-19(26)9-4-15/h1-10,13,25-29H,11-12H2. The van der Waals surface area contributed by atoms with Gasteiger partial charge in [0.1, 0.15) is 17.2 Å². The molecule has 29 heavy (non-hydrogen) atoms. The van der Waals surface area contributed by atoms with Crippen LogP contribution in [0.5, 0.6) is 28.7 Å². The van der Waals surface area contributed by atoms with Crippen LogP contribution in [-0.4, -0.2) is 25.5 Å². The molecule has 0 bridgehead atoms. The molecule has 0 fully saturated rings. The van der Waals surface area contributed by atoms with Gasteiger partial charge in [0.05, 0.1) is 0 Å². The maximum Gasteiger partial charge on any atom is 0.165 e. The van der Waals surface area contributed by atoms with E-state index in [1.807, 2.05) is 0 Å². The predicted octanol–water partition coefficient (Wildman–Crippen LogP) is 4.55.